The molecule has 0 unspecified atom stereocenters. The zero-order chi connectivity index (χ0) is 28.1. The molecular formula is C29H30ClN5O2S2. The average Bonchev–Trinajstić information content (AvgIpc) is 3.37. The highest BCUT2D eigenvalue weighted by atomic mass is 35.5. The number of sulfonamides is 1. The number of halogens is 1. The number of benzene rings is 2. The van der Waals surface area contributed by atoms with Crippen LogP contribution in [-0.2, 0) is 10.0 Å². The molecule has 2 aromatic carbocycles. The lowest BCUT2D eigenvalue weighted by molar-refractivity contribution is 0.565. The van der Waals surface area contributed by atoms with E-state index in [0.717, 1.165) is 56.4 Å². The maximum Gasteiger partial charge on any atom is 0.229 e. The lowest BCUT2D eigenvalue weighted by Crippen LogP contribution is -2.29. The minimum atomic E-state index is -3.40. The third-order valence-electron chi connectivity index (χ3n) is 7.15. The first-order valence-electron chi connectivity index (χ1n) is 12.5. The van der Waals surface area contributed by atoms with Gasteiger partial charge in [-0.1, -0.05) is 23.7 Å². The molecule has 10 heteroatoms. The average molecular weight is 580 g/mol. The molecule has 3 heterocycles. The predicted molar refractivity (Wildman–Crippen MR) is 163 cm³/mol. The Labute approximate surface area is 239 Å². The zero-order valence-corrected chi connectivity index (χ0v) is 24.7. The van der Waals surface area contributed by atoms with E-state index in [4.69, 9.17) is 23.8 Å². The van der Waals surface area contributed by atoms with Crippen molar-refractivity contribution in [1.29, 1.82) is 0 Å². The minimum Gasteiger partial charge on any atom is -0.351 e. The molecule has 39 heavy (non-hydrogen) atoms. The summed E-state index contributed by atoms with van der Waals surface area (Å²) in [5.74, 6) is 0. The molecule has 5 rings (SSSR count). The van der Waals surface area contributed by atoms with E-state index in [1.165, 1.54) is 0 Å². The van der Waals surface area contributed by atoms with Gasteiger partial charge in [0, 0.05) is 34.0 Å². The summed E-state index contributed by atoms with van der Waals surface area (Å²) >= 11 is 12.4. The largest absolute Gasteiger partial charge is 0.351 e. The fourth-order valence-electron chi connectivity index (χ4n) is 5.36. The molecule has 2 aromatic heterocycles. The number of thiocarbonyl (C=S) groups is 1. The van der Waals surface area contributed by atoms with Gasteiger partial charge in [-0.3, -0.25) is 9.71 Å². The summed E-state index contributed by atoms with van der Waals surface area (Å²) in [6.07, 6.45) is 2.93. The number of aryl methyl sites for hydroxylation is 2. The molecule has 0 amide bonds. The summed E-state index contributed by atoms with van der Waals surface area (Å²) < 4.78 is 28.5. The van der Waals surface area contributed by atoms with Crippen molar-refractivity contribution in [3.63, 3.8) is 0 Å². The van der Waals surface area contributed by atoms with Gasteiger partial charge in [0.1, 0.15) is 0 Å². The van der Waals surface area contributed by atoms with Gasteiger partial charge in [0.15, 0.2) is 5.11 Å². The second-order valence-electron chi connectivity index (χ2n) is 9.92. The van der Waals surface area contributed by atoms with Gasteiger partial charge in [0.25, 0.3) is 0 Å². The molecule has 7 nitrogen and oxygen atoms in total. The van der Waals surface area contributed by atoms with Gasteiger partial charge < -0.3 is 14.8 Å². The van der Waals surface area contributed by atoms with Crippen molar-refractivity contribution < 1.29 is 8.42 Å². The van der Waals surface area contributed by atoms with E-state index in [-0.39, 0.29) is 12.1 Å². The second-order valence-corrected chi connectivity index (χ2v) is 12.5. The first-order valence-corrected chi connectivity index (χ1v) is 15.2. The van der Waals surface area contributed by atoms with Crippen LogP contribution < -0.4 is 14.9 Å². The topological polar surface area (TPSA) is 79.3 Å². The van der Waals surface area contributed by atoms with Crippen molar-refractivity contribution in [3.05, 3.63) is 106 Å². The highest BCUT2D eigenvalue weighted by molar-refractivity contribution is 7.92. The summed E-state index contributed by atoms with van der Waals surface area (Å²) in [6, 6.07) is 19.2. The summed E-state index contributed by atoms with van der Waals surface area (Å²) in [7, 11) is -3.40. The van der Waals surface area contributed by atoms with E-state index in [9.17, 15) is 8.42 Å². The first kappa shape index (κ1) is 27.2. The van der Waals surface area contributed by atoms with Gasteiger partial charge >= 0.3 is 0 Å². The Bertz CT molecular complexity index is 1690. The Morgan fingerprint density at radius 1 is 1.03 bits per heavy atom. The van der Waals surface area contributed by atoms with Crippen molar-refractivity contribution >= 4 is 50.3 Å². The number of hydrogen-bond acceptors (Lipinski definition) is 4. The predicted octanol–water partition coefficient (Wildman–Crippen LogP) is 6.31. The van der Waals surface area contributed by atoms with Gasteiger partial charge in [-0.25, -0.2) is 8.42 Å². The lowest BCUT2D eigenvalue weighted by Gasteiger charge is -2.29. The van der Waals surface area contributed by atoms with Crippen LogP contribution in [0.4, 0.5) is 11.4 Å². The van der Waals surface area contributed by atoms with E-state index < -0.39 is 10.0 Å². The normalized spacial score (nSPS) is 17.4. The van der Waals surface area contributed by atoms with Crippen LogP contribution >= 0.6 is 23.8 Å². The molecule has 202 valence electrons. The quantitative estimate of drug-likeness (QED) is 0.261. The molecule has 2 N–H and O–H groups in total. The van der Waals surface area contributed by atoms with Crippen molar-refractivity contribution in [1.82, 2.24) is 14.9 Å². The zero-order valence-electron chi connectivity index (χ0n) is 22.4. The molecule has 1 aliphatic rings. The van der Waals surface area contributed by atoms with Crippen LogP contribution in [0, 0.1) is 27.7 Å². The number of nitrogens with zero attached hydrogens (tertiary/aromatic N) is 3. The van der Waals surface area contributed by atoms with E-state index in [1.54, 1.807) is 12.3 Å². The first-order chi connectivity index (χ1) is 18.5. The SMILES string of the molecule is Cc1cc(N2C(=S)N[C@H](c3ccccn3)[C@H]2c2cc(C)n(-c3cccc(Cl)c3C)c2C)ccc1NS(C)(=O)=O. The molecule has 0 bridgehead atoms. The van der Waals surface area contributed by atoms with Crippen molar-refractivity contribution in [2.75, 3.05) is 15.9 Å². The van der Waals surface area contributed by atoms with Crippen LogP contribution in [0.2, 0.25) is 5.02 Å². The van der Waals surface area contributed by atoms with Crippen molar-refractivity contribution in [2.45, 2.75) is 39.8 Å². The molecule has 2 atom stereocenters. The molecule has 1 aliphatic heterocycles. The van der Waals surface area contributed by atoms with Gasteiger partial charge in [0.2, 0.25) is 10.0 Å². The molecule has 0 spiro atoms. The van der Waals surface area contributed by atoms with E-state index in [1.807, 2.05) is 56.3 Å². The fourth-order valence-corrected chi connectivity index (χ4v) is 6.50. The summed E-state index contributed by atoms with van der Waals surface area (Å²) in [6.45, 7) is 8.11. The summed E-state index contributed by atoms with van der Waals surface area (Å²) in [5.41, 5.74) is 8.36. The Hall–Kier alpha value is -3.40. The Kier molecular flexibility index (Phi) is 7.17. The van der Waals surface area contributed by atoms with Gasteiger partial charge in [-0.15, -0.1) is 0 Å². The molecule has 4 aromatic rings. The van der Waals surface area contributed by atoms with Crippen LogP contribution in [0.15, 0.2) is 66.9 Å². The Balaban J connectivity index is 1.67. The number of anilines is 2. The standard InChI is InChI=1S/C29H30ClN5O2S2/c1-17-15-21(12-13-24(17)33-39(5,36)37)35-28(27(32-29(35)38)25-10-6-7-14-31-25)22-16-18(2)34(20(22)4)26-11-8-9-23(30)19(26)3/h6-16,27-28,33H,1-5H3,(H,32,38)/t27-,28-/m1/s1. The molecule has 0 aliphatic carbocycles. The lowest BCUT2D eigenvalue weighted by atomic mass is 9.96. The third kappa shape index (κ3) is 5.14. The van der Waals surface area contributed by atoms with E-state index in [0.29, 0.717) is 10.8 Å². The van der Waals surface area contributed by atoms with Crippen molar-refractivity contribution in [3.8, 4) is 5.69 Å². The summed E-state index contributed by atoms with van der Waals surface area (Å²) in [4.78, 5) is 6.76. The van der Waals surface area contributed by atoms with E-state index in [2.05, 4.69) is 50.5 Å². The highest BCUT2D eigenvalue weighted by Gasteiger charge is 2.42. The fraction of sp³-hybridized carbons (Fsp3) is 0.241. The molecular weight excluding hydrogens is 550 g/mol. The molecule has 1 fully saturated rings. The number of hydrogen-bond donors (Lipinski definition) is 2. The number of aromatic nitrogens is 2. The number of rotatable bonds is 6. The van der Waals surface area contributed by atoms with Gasteiger partial charge in [-0.05, 0) is 105 Å². The maximum absolute atomic E-state index is 11.8. The van der Waals surface area contributed by atoms with Crippen LogP contribution in [-0.4, -0.2) is 29.3 Å². The third-order valence-corrected chi connectivity index (χ3v) is 8.47. The Morgan fingerprint density at radius 2 is 1.79 bits per heavy atom. The second kappa shape index (κ2) is 10.3. The van der Waals surface area contributed by atoms with Crippen LogP contribution in [0.3, 0.4) is 0 Å². The molecule has 0 saturated carbocycles. The molecule has 1 saturated heterocycles. The summed E-state index contributed by atoms with van der Waals surface area (Å²) in [5, 5.41) is 4.80. The minimum absolute atomic E-state index is 0.206. The van der Waals surface area contributed by atoms with Crippen LogP contribution in [0.1, 0.15) is 45.9 Å². The van der Waals surface area contributed by atoms with Crippen LogP contribution in [0.25, 0.3) is 5.69 Å². The molecule has 0 radical (unpaired) electrons. The van der Waals surface area contributed by atoms with E-state index >= 15 is 0 Å². The number of nitrogens with one attached hydrogen (secondary N) is 2. The van der Waals surface area contributed by atoms with Gasteiger partial charge in [-0.2, -0.15) is 0 Å². The highest BCUT2D eigenvalue weighted by Crippen LogP contribution is 2.44. The van der Waals surface area contributed by atoms with Crippen LogP contribution in [0.5, 0.6) is 0 Å². The smallest absolute Gasteiger partial charge is 0.229 e. The van der Waals surface area contributed by atoms with Crippen molar-refractivity contribution in [2.24, 2.45) is 0 Å². The van der Waals surface area contributed by atoms with Gasteiger partial charge in [0.05, 0.1) is 29.7 Å². The maximum atomic E-state index is 11.8. The Morgan fingerprint density at radius 3 is 2.46 bits per heavy atom. The monoisotopic (exact) mass is 579 g/mol. The number of pyridine rings is 1.